The van der Waals surface area contributed by atoms with Crippen LogP contribution in [0.3, 0.4) is 0 Å². The van der Waals surface area contributed by atoms with Gasteiger partial charge in [0.1, 0.15) is 29.6 Å². The van der Waals surface area contributed by atoms with Gasteiger partial charge in [-0.15, -0.1) is 0 Å². The predicted molar refractivity (Wildman–Crippen MR) is 175 cm³/mol. The number of nitrogens with zero attached hydrogens (tertiary/aromatic N) is 2. The number of phenolic OH excluding ortho intramolecular Hbond substituents is 2. The van der Waals surface area contributed by atoms with E-state index in [2.05, 4.69) is 25.9 Å². The highest BCUT2D eigenvalue weighted by Gasteiger charge is 2.30. The summed E-state index contributed by atoms with van der Waals surface area (Å²) in [7, 11) is 0. The van der Waals surface area contributed by atoms with Crippen LogP contribution in [0.15, 0.2) is 58.5 Å². The number of carboxylic acids is 1. The molecule has 0 aliphatic rings. The smallest absolute Gasteiger partial charge is 0.326 e. The lowest BCUT2D eigenvalue weighted by atomic mass is 10.0. The summed E-state index contributed by atoms with van der Waals surface area (Å²) in [4.78, 5) is 59.9. The molecule has 0 spiro atoms. The Kier molecular flexibility index (Phi) is 15.2. The number of guanidine groups is 2. The third kappa shape index (κ3) is 14.4. The number of carboxylic acid groups (broad SMARTS) is 1. The number of aliphatic carboxylic acids is 1. The van der Waals surface area contributed by atoms with Crippen LogP contribution >= 0.6 is 0 Å². The van der Waals surface area contributed by atoms with Crippen molar-refractivity contribution in [1.29, 1.82) is 0 Å². The summed E-state index contributed by atoms with van der Waals surface area (Å²) in [6, 6.07) is 6.96. The lowest BCUT2D eigenvalue weighted by molar-refractivity contribution is -0.142. The summed E-state index contributed by atoms with van der Waals surface area (Å²) in [6.45, 7) is 0.377. The van der Waals surface area contributed by atoms with Crippen molar-refractivity contribution in [2.75, 3.05) is 13.1 Å². The Hall–Kier alpha value is -5.58. The number of hydrogen-bond donors (Lipinski definition) is 11. The lowest BCUT2D eigenvalue weighted by Crippen LogP contribution is -2.57. The van der Waals surface area contributed by atoms with Crippen molar-refractivity contribution in [3.05, 3.63) is 59.7 Å². The molecule has 0 saturated heterocycles. The third-order valence-electron chi connectivity index (χ3n) is 6.88. The van der Waals surface area contributed by atoms with Crippen molar-refractivity contribution >= 4 is 35.6 Å². The molecule has 0 aromatic heterocycles. The topological polar surface area (TPSA) is 320 Å². The molecule has 3 amide bonds. The molecule has 0 saturated carbocycles. The fraction of sp³-hybridized carbons (Fsp3) is 0.400. The summed E-state index contributed by atoms with van der Waals surface area (Å²) in [5, 5.41) is 36.7. The molecule has 47 heavy (non-hydrogen) atoms. The number of aromatic hydroxyl groups is 2. The number of benzene rings is 2. The molecule has 4 unspecified atom stereocenters. The molecule has 0 aliphatic carbocycles. The van der Waals surface area contributed by atoms with Gasteiger partial charge in [0.15, 0.2) is 11.9 Å². The molecule has 2 aromatic rings. The number of carbonyl (C=O) groups is 4. The van der Waals surface area contributed by atoms with Gasteiger partial charge in [-0.1, -0.05) is 24.3 Å². The summed E-state index contributed by atoms with van der Waals surface area (Å²) in [5.41, 5.74) is 28.6. The number of rotatable bonds is 19. The Morgan fingerprint density at radius 1 is 0.617 bits per heavy atom. The van der Waals surface area contributed by atoms with Crippen LogP contribution in [-0.2, 0) is 32.0 Å². The van der Waals surface area contributed by atoms with Gasteiger partial charge in [-0.2, -0.15) is 0 Å². The number of aliphatic imine (C=N–C) groups is 2. The average Bonchev–Trinajstić information content (AvgIpc) is 3.01. The Bertz CT molecular complexity index is 1390. The van der Waals surface area contributed by atoms with E-state index in [0.717, 1.165) is 0 Å². The first-order valence-corrected chi connectivity index (χ1v) is 14.8. The molecule has 0 bridgehead atoms. The van der Waals surface area contributed by atoms with Crippen LogP contribution in [0, 0.1) is 0 Å². The van der Waals surface area contributed by atoms with Crippen LogP contribution in [0.5, 0.6) is 11.5 Å². The first kappa shape index (κ1) is 37.6. The largest absolute Gasteiger partial charge is 0.508 e. The van der Waals surface area contributed by atoms with Crippen LogP contribution in [0.25, 0.3) is 0 Å². The van der Waals surface area contributed by atoms with E-state index in [9.17, 15) is 34.5 Å². The quantitative estimate of drug-likeness (QED) is 0.0438. The molecule has 16 N–H and O–H groups in total. The van der Waals surface area contributed by atoms with Crippen molar-refractivity contribution in [1.82, 2.24) is 16.0 Å². The molecule has 2 rings (SSSR count). The van der Waals surface area contributed by atoms with Crippen LogP contribution in [-0.4, -0.2) is 88.2 Å². The summed E-state index contributed by atoms with van der Waals surface area (Å²) in [5.74, 6) is -3.76. The molecule has 2 aromatic carbocycles. The minimum absolute atomic E-state index is 0.000571. The molecule has 0 aliphatic heterocycles. The second kappa shape index (κ2) is 19.1. The Morgan fingerprint density at radius 3 is 1.49 bits per heavy atom. The van der Waals surface area contributed by atoms with Gasteiger partial charge in [-0.25, -0.2) is 4.79 Å². The van der Waals surface area contributed by atoms with E-state index in [1.165, 1.54) is 36.4 Å². The molecule has 256 valence electrons. The molecule has 4 atom stereocenters. The van der Waals surface area contributed by atoms with E-state index >= 15 is 0 Å². The monoisotopic (exact) mass is 656 g/mol. The van der Waals surface area contributed by atoms with E-state index in [1.807, 2.05) is 0 Å². The van der Waals surface area contributed by atoms with E-state index < -0.39 is 47.9 Å². The first-order chi connectivity index (χ1) is 22.2. The normalized spacial score (nSPS) is 13.2. The van der Waals surface area contributed by atoms with Gasteiger partial charge < -0.3 is 59.9 Å². The number of phenols is 2. The standard InChI is InChI=1S/C30H44N10O7/c31-21(3-1-13-36-29(32)33)25(43)39-23(15-17-5-9-19(41)10-6-17)27(45)38-22(4-2-14-37-30(34)35)26(44)40-24(28(46)47)16-18-7-11-20(42)12-8-18/h5-12,21-24,41-42H,1-4,13-16,31H2,(H,38,45)(H,39,43)(H,40,44)(H,46,47)(H4,32,33,36)(H4,34,35,37). The zero-order chi connectivity index (χ0) is 34.9. The molecule has 0 fully saturated rings. The van der Waals surface area contributed by atoms with Crippen molar-refractivity contribution < 1.29 is 34.5 Å². The van der Waals surface area contributed by atoms with E-state index in [-0.39, 0.29) is 68.6 Å². The first-order valence-electron chi connectivity index (χ1n) is 14.8. The summed E-state index contributed by atoms with van der Waals surface area (Å²) >= 11 is 0. The van der Waals surface area contributed by atoms with Gasteiger partial charge in [0, 0.05) is 25.9 Å². The molecular weight excluding hydrogens is 612 g/mol. The average molecular weight is 657 g/mol. The SMILES string of the molecule is NC(N)=NCCCC(N)C(=O)NC(Cc1ccc(O)cc1)C(=O)NC(CCCN=C(N)N)C(=O)NC(Cc1ccc(O)cc1)C(=O)O. The minimum Gasteiger partial charge on any atom is -0.508 e. The van der Waals surface area contributed by atoms with Crippen molar-refractivity contribution in [3.63, 3.8) is 0 Å². The van der Waals surface area contributed by atoms with Gasteiger partial charge in [-0.05, 0) is 61.1 Å². The maximum Gasteiger partial charge on any atom is 0.326 e. The minimum atomic E-state index is -1.37. The van der Waals surface area contributed by atoms with Gasteiger partial charge in [0.05, 0.1) is 6.04 Å². The zero-order valence-corrected chi connectivity index (χ0v) is 25.8. The maximum atomic E-state index is 13.7. The van der Waals surface area contributed by atoms with E-state index in [4.69, 9.17) is 28.7 Å². The van der Waals surface area contributed by atoms with Crippen LogP contribution in [0.4, 0.5) is 0 Å². The summed E-state index contributed by atoms with van der Waals surface area (Å²) in [6.07, 6.45) is 0.736. The van der Waals surface area contributed by atoms with Crippen molar-refractivity contribution in [2.24, 2.45) is 38.7 Å². The Labute approximate surface area is 271 Å². The van der Waals surface area contributed by atoms with Crippen LogP contribution < -0.4 is 44.6 Å². The lowest BCUT2D eigenvalue weighted by Gasteiger charge is -2.25. The van der Waals surface area contributed by atoms with Gasteiger partial charge in [-0.3, -0.25) is 24.4 Å². The summed E-state index contributed by atoms with van der Waals surface area (Å²) < 4.78 is 0. The fourth-order valence-corrected chi connectivity index (χ4v) is 4.39. The number of hydrogen-bond acceptors (Lipinski definition) is 9. The zero-order valence-electron chi connectivity index (χ0n) is 25.8. The number of carbonyl (C=O) groups excluding carboxylic acids is 3. The molecule has 0 radical (unpaired) electrons. The third-order valence-corrected chi connectivity index (χ3v) is 6.88. The molecule has 0 heterocycles. The fourth-order valence-electron chi connectivity index (χ4n) is 4.39. The molecule has 17 nitrogen and oxygen atoms in total. The highest BCUT2D eigenvalue weighted by Crippen LogP contribution is 2.14. The Morgan fingerprint density at radius 2 is 1.02 bits per heavy atom. The van der Waals surface area contributed by atoms with Gasteiger partial charge in [0.25, 0.3) is 0 Å². The predicted octanol–water partition coefficient (Wildman–Crippen LogP) is -2.14. The van der Waals surface area contributed by atoms with E-state index in [1.54, 1.807) is 12.1 Å². The van der Waals surface area contributed by atoms with E-state index in [0.29, 0.717) is 17.5 Å². The van der Waals surface area contributed by atoms with Gasteiger partial charge in [0.2, 0.25) is 17.7 Å². The van der Waals surface area contributed by atoms with Crippen molar-refractivity contribution in [3.8, 4) is 11.5 Å². The molecular formula is C30H44N10O7. The maximum absolute atomic E-state index is 13.7. The highest BCUT2D eigenvalue weighted by molar-refractivity contribution is 5.94. The van der Waals surface area contributed by atoms with Crippen molar-refractivity contribution in [2.45, 2.75) is 62.7 Å². The number of amides is 3. The van der Waals surface area contributed by atoms with Crippen LogP contribution in [0.1, 0.15) is 36.8 Å². The van der Waals surface area contributed by atoms with Gasteiger partial charge >= 0.3 is 5.97 Å². The second-order valence-electron chi connectivity index (χ2n) is 10.8. The number of nitrogens with one attached hydrogen (secondary N) is 3. The highest BCUT2D eigenvalue weighted by atomic mass is 16.4. The van der Waals surface area contributed by atoms with Crippen LogP contribution in [0.2, 0.25) is 0 Å². The number of nitrogens with two attached hydrogens (primary N) is 5. The molecule has 17 heteroatoms. The second-order valence-corrected chi connectivity index (χ2v) is 10.8. The Balaban J connectivity index is 2.26.